The Hall–Kier alpha value is -2.95. The summed E-state index contributed by atoms with van der Waals surface area (Å²) in [6, 6.07) is 12.9. The van der Waals surface area contributed by atoms with E-state index in [4.69, 9.17) is 4.74 Å². The van der Waals surface area contributed by atoms with Gasteiger partial charge in [0, 0.05) is 22.0 Å². The Morgan fingerprint density at radius 2 is 1.56 bits per heavy atom. The van der Waals surface area contributed by atoms with E-state index in [2.05, 4.69) is 9.71 Å². The van der Waals surface area contributed by atoms with Crippen LogP contribution < -0.4 is 9.46 Å². The van der Waals surface area contributed by atoms with Crippen molar-refractivity contribution in [2.24, 2.45) is 0 Å². The lowest BCUT2D eigenvalue weighted by molar-refractivity contribution is -0.139. The molecule has 3 rings (SSSR count). The fourth-order valence-electron chi connectivity index (χ4n) is 2.81. The van der Waals surface area contributed by atoms with Crippen molar-refractivity contribution >= 4 is 27.8 Å². The van der Waals surface area contributed by atoms with Gasteiger partial charge in [0.1, 0.15) is 23.4 Å². The van der Waals surface area contributed by atoms with Gasteiger partial charge in [0.05, 0.1) is 4.90 Å². The van der Waals surface area contributed by atoms with Crippen molar-refractivity contribution in [1.82, 2.24) is 9.71 Å². The number of hydrogen-bond donors (Lipinski definition) is 2. The molecule has 0 amide bonds. The number of carboxylic acid groups (broad SMARTS) is 1. The molecule has 0 bridgehead atoms. The van der Waals surface area contributed by atoms with Crippen LogP contribution in [0.4, 0.5) is 4.39 Å². The molecule has 1 heterocycles. The van der Waals surface area contributed by atoms with Crippen LogP contribution in [0.1, 0.15) is 13.8 Å². The molecule has 0 aliphatic heterocycles. The zero-order valence-electron chi connectivity index (χ0n) is 17.2. The molecule has 2 aromatic carbocycles. The molecule has 0 aliphatic carbocycles. The number of halogens is 1. The SMILES string of the molecule is CC(C)(Sc1ccncc1)[C@H](NS(=O)(=O)c1ccc(Oc2ccc(F)cc2)cc1)C(=O)O. The molecular weight excluding hydrogens is 455 g/mol. The molecule has 10 heteroatoms. The lowest BCUT2D eigenvalue weighted by atomic mass is 10.1. The predicted octanol–water partition coefficient (Wildman–Crippen LogP) is 4.32. The summed E-state index contributed by atoms with van der Waals surface area (Å²) in [5, 5.41) is 9.73. The first-order chi connectivity index (χ1) is 15.1. The molecule has 3 aromatic rings. The molecular formula is C22H21FN2O5S2. The first-order valence-electron chi connectivity index (χ1n) is 9.44. The third-order valence-corrected chi connectivity index (χ3v) is 7.14. The minimum atomic E-state index is -4.14. The molecule has 168 valence electrons. The van der Waals surface area contributed by atoms with Crippen molar-refractivity contribution in [3.8, 4) is 11.5 Å². The highest BCUT2D eigenvalue weighted by molar-refractivity contribution is 8.00. The summed E-state index contributed by atoms with van der Waals surface area (Å²) in [5.74, 6) is -0.959. The van der Waals surface area contributed by atoms with Crippen molar-refractivity contribution in [2.75, 3.05) is 0 Å². The Labute approximate surface area is 189 Å². The fourth-order valence-corrected chi connectivity index (χ4v) is 5.36. The second kappa shape index (κ2) is 9.68. The zero-order chi connectivity index (χ0) is 23.4. The summed E-state index contributed by atoms with van der Waals surface area (Å²) in [5.41, 5.74) is 0. The summed E-state index contributed by atoms with van der Waals surface area (Å²) in [6.45, 7) is 3.30. The Bertz CT molecular complexity index is 1170. The molecule has 0 saturated heterocycles. The third-order valence-electron chi connectivity index (χ3n) is 4.43. The highest BCUT2D eigenvalue weighted by Crippen LogP contribution is 2.35. The van der Waals surface area contributed by atoms with E-state index in [1.165, 1.54) is 60.3 Å². The van der Waals surface area contributed by atoms with Gasteiger partial charge in [0.2, 0.25) is 10.0 Å². The highest BCUT2D eigenvalue weighted by atomic mass is 32.2. The number of carboxylic acids is 1. The van der Waals surface area contributed by atoms with E-state index in [9.17, 15) is 22.7 Å². The summed E-state index contributed by atoms with van der Waals surface area (Å²) in [4.78, 5) is 16.5. The molecule has 32 heavy (non-hydrogen) atoms. The standard InChI is InChI=1S/C22H21FN2O5S2/c1-22(2,31-18-11-13-24-14-12-18)20(21(26)27)25-32(28,29)19-9-7-17(8-10-19)30-16-5-3-15(23)4-6-16/h3-14,20,25H,1-2H3,(H,26,27)/t20-/m1/s1. The summed E-state index contributed by atoms with van der Waals surface area (Å²) >= 11 is 1.23. The number of ether oxygens (including phenoxy) is 1. The summed E-state index contributed by atoms with van der Waals surface area (Å²) in [6.07, 6.45) is 3.15. The third kappa shape index (κ3) is 6.06. The minimum Gasteiger partial charge on any atom is -0.480 e. The van der Waals surface area contributed by atoms with Gasteiger partial charge in [0.15, 0.2) is 0 Å². The second-order valence-corrected chi connectivity index (χ2v) is 10.8. The van der Waals surface area contributed by atoms with Crippen LogP contribution in [-0.4, -0.2) is 35.3 Å². The predicted molar refractivity (Wildman–Crippen MR) is 119 cm³/mol. The van der Waals surface area contributed by atoms with Crippen molar-refractivity contribution < 1.29 is 27.4 Å². The van der Waals surface area contributed by atoms with Crippen LogP contribution in [0.5, 0.6) is 11.5 Å². The van der Waals surface area contributed by atoms with E-state index in [0.29, 0.717) is 11.5 Å². The van der Waals surface area contributed by atoms with Gasteiger partial charge in [0.25, 0.3) is 0 Å². The number of rotatable bonds is 9. The van der Waals surface area contributed by atoms with Gasteiger partial charge in [-0.2, -0.15) is 4.72 Å². The van der Waals surface area contributed by atoms with Crippen molar-refractivity contribution in [3.05, 3.63) is 78.9 Å². The lowest BCUT2D eigenvalue weighted by Gasteiger charge is -2.31. The van der Waals surface area contributed by atoms with Gasteiger partial charge in [-0.05, 0) is 74.5 Å². The molecule has 0 fully saturated rings. The first kappa shape index (κ1) is 23.7. The topological polar surface area (TPSA) is 106 Å². The van der Waals surface area contributed by atoms with E-state index in [-0.39, 0.29) is 4.90 Å². The van der Waals surface area contributed by atoms with Gasteiger partial charge in [-0.15, -0.1) is 11.8 Å². The lowest BCUT2D eigenvalue weighted by Crippen LogP contribution is -2.52. The molecule has 0 spiro atoms. The number of aromatic nitrogens is 1. The molecule has 7 nitrogen and oxygen atoms in total. The number of benzene rings is 2. The Kier molecular flexibility index (Phi) is 7.17. The number of nitrogens with one attached hydrogen (secondary N) is 1. The number of carbonyl (C=O) groups is 1. The van der Waals surface area contributed by atoms with Gasteiger partial charge < -0.3 is 9.84 Å². The van der Waals surface area contributed by atoms with Crippen LogP contribution in [0, 0.1) is 5.82 Å². The Balaban J connectivity index is 1.76. The molecule has 0 aliphatic rings. The van der Waals surface area contributed by atoms with Gasteiger partial charge >= 0.3 is 5.97 Å². The number of aliphatic carboxylic acids is 1. The zero-order valence-corrected chi connectivity index (χ0v) is 18.9. The number of sulfonamides is 1. The number of pyridine rings is 1. The molecule has 0 saturated carbocycles. The van der Waals surface area contributed by atoms with E-state index in [1.807, 2.05) is 0 Å². The first-order valence-corrected chi connectivity index (χ1v) is 11.7. The maximum atomic E-state index is 13.0. The molecule has 1 aromatic heterocycles. The highest BCUT2D eigenvalue weighted by Gasteiger charge is 2.39. The Morgan fingerprint density at radius 3 is 2.09 bits per heavy atom. The van der Waals surface area contributed by atoms with Gasteiger partial charge in [-0.3, -0.25) is 9.78 Å². The normalized spacial score (nSPS) is 12.8. The maximum absolute atomic E-state index is 13.0. The average Bonchev–Trinajstić information content (AvgIpc) is 2.74. The van der Waals surface area contributed by atoms with Crippen LogP contribution in [0.3, 0.4) is 0 Å². The molecule has 1 atom stereocenters. The van der Waals surface area contributed by atoms with Crippen LogP contribution in [-0.2, 0) is 14.8 Å². The number of thioether (sulfide) groups is 1. The smallest absolute Gasteiger partial charge is 0.323 e. The van der Waals surface area contributed by atoms with E-state index in [0.717, 1.165) is 4.90 Å². The quantitative estimate of drug-likeness (QED) is 0.443. The molecule has 2 N–H and O–H groups in total. The van der Waals surface area contributed by atoms with E-state index in [1.54, 1.807) is 38.4 Å². The van der Waals surface area contributed by atoms with Crippen LogP contribution >= 0.6 is 11.8 Å². The molecule has 0 radical (unpaired) electrons. The van der Waals surface area contributed by atoms with Crippen molar-refractivity contribution in [3.63, 3.8) is 0 Å². The maximum Gasteiger partial charge on any atom is 0.323 e. The summed E-state index contributed by atoms with van der Waals surface area (Å²) < 4.78 is 45.6. The minimum absolute atomic E-state index is 0.111. The number of nitrogens with zero attached hydrogens (tertiary/aromatic N) is 1. The fraction of sp³-hybridized carbons (Fsp3) is 0.182. The van der Waals surface area contributed by atoms with Crippen LogP contribution in [0.15, 0.2) is 82.8 Å². The average molecular weight is 477 g/mol. The number of hydrogen-bond acceptors (Lipinski definition) is 6. The molecule has 0 unspecified atom stereocenters. The largest absolute Gasteiger partial charge is 0.480 e. The van der Waals surface area contributed by atoms with Gasteiger partial charge in [-0.25, -0.2) is 12.8 Å². The Morgan fingerprint density at radius 1 is 1.03 bits per heavy atom. The van der Waals surface area contributed by atoms with E-state index >= 15 is 0 Å². The van der Waals surface area contributed by atoms with E-state index < -0.39 is 32.6 Å². The second-order valence-electron chi connectivity index (χ2n) is 7.31. The monoisotopic (exact) mass is 476 g/mol. The van der Waals surface area contributed by atoms with Crippen LogP contribution in [0.25, 0.3) is 0 Å². The van der Waals surface area contributed by atoms with Crippen molar-refractivity contribution in [1.29, 1.82) is 0 Å². The summed E-state index contributed by atoms with van der Waals surface area (Å²) in [7, 11) is -4.14. The van der Waals surface area contributed by atoms with Crippen LogP contribution in [0.2, 0.25) is 0 Å². The van der Waals surface area contributed by atoms with Gasteiger partial charge in [-0.1, -0.05) is 0 Å². The van der Waals surface area contributed by atoms with Crippen molar-refractivity contribution in [2.45, 2.75) is 34.4 Å².